The lowest BCUT2D eigenvalue weighted by Gasteiger charge is -2.36. The molecular weight excluding hydrogens is 338 g/mol. The third kappa shape index (κ3) is 2.29. The fourth-order valence-electron chi connectivity index (χ4n) is 3.71. The number of aliphatic imine (C=N–C) groups is 1. The molecule has 0 fully saturated rings. The quantitative estimate of drug-likeness (QED) is 0.649. The maximum Gasteiger partial charge on any atom is 0.123 e. The molecule has 5 rings (SSSR count). The van der Waals surface area contributed by atoms with Crippen molar-refractivity contribution in [2.45, 2.75) is 11.7 Å². The van der Waals surface area contributed by atoms with Crippen molar-refractivity contribution < 1.29 is 0 Å². The van der Waals surface area contributed by atoms with Gasteiger partial charge in [0.05, 0.1) is 22.4 Å². The van der Waals surface area contributed by atoms with Gasteiger partial charge < -0.3 is 16.5 Å². The van der Waals surface area contributed by atoms with E-state index < -0.39 is 11.7 Å². The molecule has 0 aromatic carbocycles. The summed E-state index contributed by atoms with van der Waals surface area (Å²) in [5.74, 6) is 0. The van der Waals surface area contributed by atoms with Crippen LogP contribution in [0.15, 0.2) is 77.4 Å². The molecule has 0 spiro atoms. The number of hydrogen-bond donors (Lipinski definition) is 3. The van der Waals surface area contributed by atoms with Gasteiger partial charge in [0.25, 0.3) is 0 Å². The van der Waals surface area contributed by atoms with Gasteiger partial charge in [0.15, 0.2) is 0 Å². The Morgan fingerprint density at radius 2 is 2.04 bits per heavy atom. The van der Waals surface area contributed by atoms with Gasteiger partial charge in [0.2, 0.25) is 0 Å². The lowest BCUT2D eigenvalue weighted by Crippen LogP contribution is -2.43. The third-order valence-corrected chi connectivity index (χ3v) is 5.00. The zero-order valence-corrected chi connectivity index (χ0v) is 14.4. The zero-order chi connectivity index (χ0) is 18.4. The van der Waals surface area contributed by atoms with Crippen molar-refractivity contribution in [2.24, 2.45) is 16.5 Å². The summed E-state index contributed by atoms with van der Waals surface area (Å²) in [6.07, 6.45) is 14.1. The van der Waals surface area contributed by atoms with Crippen LogP contribution in [0.1, 0.15) is 5.69 Å². The topological polar surface area (TPSA) is 119 Å². The Balaban J connectivity index is 1.75. The van der Waals surface area contributed by atoms with Crippen molar-refractivity contribution in [1.82, 2.24) is 19.9 Å². The number of nitrogens with zero attached hydrogens (tertiary/aromatic N) is 4. The lowest BCUT2D eigenvalue weighted by atomic mass is 9.76. The zero-order valence-electron chi connectivity index (χ0n) is 14.4. The molecule has 1 aliphatic carbocycles. The summed E-state index contributed by atoms with van der Waals surface area (Å²) in [7, 11) is 0. The highest BCUT2D eigenvalue weighted by Crippen LogP contribution is 2.41. The average Bonchev–Trinajstić information content (AvgIpc) is 3.18. The van der Waals surface area contributed by atoms with E-state index in [1.807, 2.05) is 48.7 Å². The second-order valence-electron chi connectivity index (χ2n) is 6.53. The summed E-state index contributed by atoms with van der Waals surface area (Å²) in [5.41, 5.74) is 17.9. The fraction of sp³-hybridized carbons (Fsp3) is 0.100. The third-order valence-electron chi connectivity index (χ3n) is 5.00. The fourth-order valence-corrected chi connectivity index (χ4v) is 3.71. The Kier molecular flexibility index (Phi) is 3.40. The summed E-state index contributed by atoms with van der Waals surface area (Å²) < 4.78 is 0. The first-order chi connectivity index (χ1) is 13.2. The highest BCUT2D eigenvalue weighted by Gasteiger charge is 2.38. The Morgan fingerprint density at radius 1 is 1.11 bits per heavy atom. The van der Waals surface area contributed by atoms with Crippen LogP contribution in [0.25, 0.3) is 22.3 Å². The maximum absolute atomic E-state index is 6.93. The number of allylic oxidation sites excluding steroid dienone is 3. The van der Waals surface area contributed by atoms with Gasteiger partial charge in [0.1, 0.15) is 18.0 Å². The Morgan fingerprint density at radius 3 is 2.96 bits per heavy atom. The van der Waals surface area contributed by atoms with Crippen LogP contribution in [0.5, 0.6) is 0 Å². The first-order valence-corrected chi connectivity index (χ1v) is 8.60. The van der Waals surface area contributed by atoms with Crippen molar-refractivity contribution in [3.05, 3.63) is 78.1 Å². The number of rotatable bonds is 2. The van der Waals surface area contributed by atoms with Crippen LogP contribution in [0.2, 0.25) is 0 Å². The molecule has 2 unspecified atom stereocenters. The first kappa shape index (κ1) is 15.8. The summed E-state index contributed by atoms with van der Waals surface area (Å²) in [6.45, 7) is 0. The first-order valence-electron chi connectivity index (χ1n) is 8.60. The normalized spacial score (nSPS) is 23.9. The van der Waals surface area contributed by atoms with E-state index in [1.54, 1.807) is 18.7 Å². The number of aromatic amines is 1. The molecule has 132 valence electrons. The molecule has 0 radical (unpaired) electrons. The number of dihydropyridines is 1. The molecule has 3 aromatic rings. The minimum atomic E-state index is -0.936. The van der Waals surface area contributed by atoms with Crippen molar-refractivity contribution in [3.8, 4) is 11.3 Å². The highest BCUT2D eigenvalue weighted by molar-refractivity contribution is 5.90. The van der Waals surface area contributed by atoms with Crippen LogP contribution < -0.4 is 11.5 Å². The van der Waals surface area contributed by atoms with E-state index in [0.29, 0.717) is 5.69 Å². The molecule has 2 aliphatic rings. The monoisotopic (exact) mass is 355 g/mol. The number of hydrogen-bond acceptors (Lipinski definition) is 6. The van der Waals surface area contributed by atoms with Crippen molar-refractivity contribution >= 4 is 17.2 Å². The van der Waals surface area contributed by atoms with Gasteiger partial charge in [-0.1, -0.05) is 18.2 Å². The molecule has 0 amide bonds. The van der Waals surface area contributed by atoms with E-state index in [9.17, 15) is 0 Å². The summed E-state index contributed by atoms with van der Waals surface area (Å²) in [5, 5.41) is 0. The Hall–Kier alpha value is -3.42. The summed E-state index contributed by atoms with van der Waals surface area (Å²) in [4.78, 5) is 20.9. The smallest absolute Gasteiger partial charge is 0.123 e. The molecule has 1 aliphatic heterocycles. The highest BCUT2D eigenvalue weighted by atomic mass is 15.0. The van der Waals surface area contributed by atoms with E-state index in [1.165, 1.54) is 0 Å². The van der Waals surface area contributed by atoms with Crippen LogP contribution in [0.3, 0.4) is 0 Å². The van der Waals surface area contributed by atoms with Crippen LogP contribution in [0.4, 0.5) is 0 Å². The van der Waals surface area contributed by atoms with E-state index in [4.69, 9.17) is 11.5 Å². The van der Waals surface area contributed by atoms with Crippen LogP contribution in [-0.4, -0.2) is 32.3 Å². The van der Waals surface area contributed by atoms with Crippen LogP contribution in [-0.2, 0) is 5.54 Å². The molecule has 3 aromatic heterocycles. The van der Waals surface area contributed by atoms with Gasteiger partial charge in [-0.2, -0.15) is 0 Å². The molecule has 7 heteroatoms. The number of aromatic nitrogens is 4. The molecule has 27 heavy (non-hydrogen) atoms. The van der Waals surface area contributed by atoms with Gasteiger partial charge in [-0.3, -0.25) is 9.98 Å². The standard InChI is InChI=1S/C20H17N7/c21-19-12-3-1-7-20(22,14(12)5-9-25-19)18-13(4-2-8-24-18)16-17-15(6-10-23-17)26-11-27-16/h1-11,19,23H,21-22H2. The largest absolute Gasteiger partial charge is 0.358 e. The van der Waals surface area contributed by atoms with Crippen molar-refractivity contribution in [1.29, 1.82) is 0 Å². The van der Waals surface area contributed by atoms with Gasteiger partial charge in [0, 0.05) is 24.2 Å². The minimum Gasteiger partial charge on any atom is -0.358 e. The molecule has 7 nitrogen and oxygen atoms in total. The second kappa shape index (κ2) is 5.80. The van der Waals surface area contributed by atoms with E-state index in [-0.39, 0.29) is 0 Å². The summed E-state index contributed by atoms with van der Waals surface area (Å²) in [6, 6.07) is 5.77. The van der Waals surface area contributed by atoms with Crippen LogP contribution in [0, 0.1) is 0 Å². The molecule has 5 N–H and O–H groups in total. The number of nitrogens with two attached hydrogens (primary N) is 2. The molecule has 0 saturated carbocycles. The summed E-state index contributed by atoms with van der Waals surface area (Å²) >= 11 is 0. The van der Waals surface area contributed by atoms with Crippen LogP contribution >= 0.6 is 0 Å². The van der Waals surface area contributed by atoms with E-state index in [0.717, 1.165) is 33.4 Å². The van der Waals surface area contributed by atoms with E-state index >= 15 is 0 Å². The van der Waals surface area contributed by atoms with Gasteiger partial charge >= 0.3 is 0 Å². The predicted octanol–water partition coefficient (Wildman–Crippen LogP) is 1.97. The lowest BCUT2D eigenvalue weighted by molar-refractivity contribution is 0.620. The molecule has 4 heterocycles. The molecule has 0 saturated heterocycles. The van der Waals surface area contributed by atoms with Crippen molar-refractivity contribution in [2.75, 3.05) is 0 Å². The predicted molar refractivity (Wildman–Crippen MR) is 105 cm³/mol. The number of nitrogens with one attached hydrogen (secondary N) is 1. The molecular formula is C20H17N7. The maximum atomic E-state index is 6.93. The minimum absolute atomic E-state index is 0.431. The van der Waals surface area contributed by atoms with Gasteiger partial charge in [-0.05, 0) is 35.4 Å². The molecule has 2 atom stereocenters. The Labute approximate surface area is 155 Å². The van der Waals surface area contributed by atoms with Crippen molar-refractivity contribution in [3.63, 3.8) is 0 Å². The SMILES string of the molecule is NC1N=CC=C2C1=CC=CC2(N)c1ncccc1-c1ncnc2cc[nH]c12. The average molecular weight is 355 g/mol. The number of pyridine rings is 1. The molecule has 0 bridgehead atoms. The van der Waals surface area contributed by atoms with Gasteiger partial charge in [-0.15, -0.1) is 0 Å². The van der Waals surface area contributed by atoms with Gasteiger partial charge in [-0.25, -0.2) is 9.97 Å². The number of H-pyrrole nitrogens is 1. The Bertz CT molecular complexity index is 1170. The van der Waals surface area contributed by atoms with E-state index in [2.05, 4.69) is 24.9 Å². The second-order valence-corrected chi connectivity index (χ2v) is 6.53. The number of fused-ring (bicyclic) bond motifs is 2.